The average Bonchev–Trinajstić information content (AvgIpc) is 2.89. The third-order valence-electron chi connectivity index (χ3n) is 3.46. The van der Waals surface area contributed by atoms with Crippen LogP contribution in [0.3, 0.4) is 0 Å². The van der Waals surface area contributed by atoms with Crippen LogP contribution in [-0.4, -0.2) is 22.1 Å². The van der Waals surface area contributed by atoms with Crippen LogP contribution >= 0.6 is 23.7 Å². The number of carbonyl (C=O) groups excluding carboxylic acids is 1. The molecule has 1 aliphatic carbocycles. The molecular formula is C13H23ClN4OS. The molecule has 0 unspecified atom stereocenters. The predicted octanol–water partition coefficient (Wildman–Crippen LogP) is 2.61. The fraction of sp³-hybridized carbons (Fsp3) is 0.769. The van der Waals surface area contributed by atoms with Gasteiger partial charge in [-0.15, -0.1) is 22.6 Å². The zero-order chi connectivity index (χ0) is 13.8. The van der Waals surface area contributed by atoms with Crippen molar-refractivity contribution in [1.29, 1.82) is 0 Å². The first kappa shape index (κ1) is 17.3. The minimum absolute atomic E-state index is 0. The number of amides is 1. The lowest BCUT2D eigenvalue weighted by Crippen LogP contribution is -2.28. The Hall–Kier alpha value is -0.720. The number of aromatic nitrogens is 2. The molecular weight excluding hydrogens is 296 g/mol. The Labute approximate surface area is 130 Å². The molecule has 0 radical (unpaired) electrons. The van der Waals surface area contributed by atoms with Crippen LogP contribution in [0.2, 0.25) is 0 Å². The van der Waals surface area contributed by atoms with Crippen LogP contribution in [0.1, 0.15) is 44.5 Å². The van der Waals surface area contributed by atoms with Gasteiger partial charge in [-0.3, -0.25) is 4.79 Å². The van der Waals surface area contributed by atoms with Gasteiger partial charge in [0.2, 0.25) is 11.0 Å². The van der Waals surface area contributed by atoms with Crippen LogP contribution < -0.4 is 11.1 Å². The third-order valence-corrected chi connectivity index (χ3v) is 4.32. The molecule has 7 heteroatoms. The van der Waals surface area contributed by atoms with Crippen molar-refractivity contribution in [2.24, 2.45) is 17.6 Å². The van der Waals surface area contributed by atoms with Gasteiger partial charge in [-0.1, -0.05) is 31.6 Å². The summed E-state index contributed by atoms with van der Waals surface area (Å²) >= 11 is 1.46. The average molecular weight is 319 g/mol. The number of hydrogen-bond donors (Lipinski definition) is 2. The highest BCUT2D eigenvalue weighted by Crippen LogP contribution is 2.27. The van der Waals surface area contributed by atoms with Crippen molar-refractivity contribution < 1.29 is 4.79 Å². The van der Waals surface area contributed by atoms with E-state index in [1.807, 2.05) is 0 Å². The van der Waals surface area contributed by atoms with Crippen LogP contribution in [-0.2, 0) is 11.2 Å². The number of carbonyl (C=O) groups is 1. The first-order valence-electron chi connectivity index (χ1n) is 6.92. The molecule has 2 rings (SSSR count). The van der Waals surface area contributed by atoms with E-state index in [9.17, 15) is 4.79 Å². The van der Waals surface area contributed by atoms with Gasteiger partial charge in [0.25, 0.3) is 0 Å². The summed E-state index contributed by atoms with van der Waals surface area (Å²) in [6.45, 7) is 4.28. The van der Waals surface area contributed by atoms with Crippen LogP contribution in [0, 0.1) is 11.8 Å². The summed E-state index contributed by atoms with van der Waals surface area (Å²) in [7, 11) is 0. The van der Waals surface area contributed by atoms with Crippen LogP contribution in [0.4, 0.5) is 5.13 Å². The second-order valence-electron chi connectivity index (χ2n) is 5.71. The molecule has 20 heavy (non-hydrogen) atoms. The first-order chi connectivity index (χ1) is 9.04. The monoisotopic (exact) mass is 318 g/mol. The van der Waals surface area contributed by atoms with Crippen molar-refractivity contribution >= 4 is 34.8 Å². The van der Waals surface area contributed by atoms with E-state index in [0.717, 1.165) is 30.7 Å². The van der Waals surface area contributed by atoms with E-state index in [0.29, 0.717) is 23.4 Å². The second kappa shape index (κ2) is 7.90. The zero-order valence-corrected chi connectivity index (χ0v) is 13.6. The van der Waals surface area contributed by atoms with Gasteiger partial charge in [0.15, 0.2) is 0 Å². The summed E-state index contributed by atoms with van der Waals surface area (Å²) in [5.41, 5.74) is 5.97. The van der Waals surface area contributed by atoms with Gasteiger partial charge >= 0.3 is 0 Å². The summed E-state index contributed by atoms with van der Waals surface area (Å²) < 4.78 is 0. The fourth-order valence-corrected chi connectivity index (χ4v) is 3.43. The molecule has 1 heterocycles. The molecule has 1 amide bonds. The quantitative estimate of drug-likeness (QED) is 0.874. The molecule has 1 fully saturated rings. The highest BCUT2D eigenvalue weighted by atomic mass is 35.5. The third kappa shape index (κ3) is 5.00. The molecule has 1 saturated carbocycles. The van der Waals surface area contributed by atoms with E-state index < -0.39 is 0 Å². The van der Waals surface area contributed by atoms with Gasteiger partial charge in [-0.2, -0.15) is 0 Å². The van der Waals surface area contributed by atoms with E-state index in [-0.39, 0.29) is 24.4 Å². The van der Waals surface area contributed by atoms with E-state index >= 15 is 0 Å². The summed E-state index contributed by atoms with van der Waals surface area (Å²) in [5.74, 6) is 0.880. The Morgan fingerprint density at radius 2 is 2.20 bits per heavy atom. The van der Waals surface area contributed by atoms with E-state index in [2.05, 4.69) is 29.4 Å². The topological polar surface area (TPSA) is 80.9 Å². The van der Waals surface area contributed by atoms with E-state index in [1.54, 1.807) is 0 Å². The van der Waals surface area contributed by atoms with Gasteiger partial charge < -0.3 is 11.1 Å². The molecule has 0 bridgehead atoms. The minimum Gasteiger partial charge on any atom is -0.327 e. The lowest BCUT2D eigenvalue weighted by molar-refractivity contribution is -0.117. The van der Waals surface area contributed by atoms with Crippen molar-refractivity contribution in [3.63, 3.8) is 0 Å². The normalized spacial score (nSPS) is 21.8. The molecule has 5 nitrogen and oxygen atoms in total. The van der Waals surface area contributed by atoms with Crippen molar-refractivity contribution in [3.8, 4) is 0 Å². The number of nitrogens with zero attached hydrogens (tertiary/aromatic N) is 2. The van der Waals surface area contributed by atoms with Crippen LogP contribution in [0.25, 0.3) is 0 Å². The molecule has 3 N–H and O–H groups in total. The van der Waals surface area contributed by atoms with Crippen molar-refractivity contribution in [2.75, 3.05) is 5.32 Å². The van der Waals surface area contributed by atoms with Crippen LogP contribution in [0.15, 0.2) is 0 Å². The molecule has 2 atom stereocenters. The van der Waals surface area contributed by atoms with Gasteiger partial charge in [0.05, 0.1) is 0 Å². The van der Waals surface area contributed by atoms with E-state index in [1.165, 1.54) is 11.3 Å². The molecule has 1 aliphatic rings. The molecule has 1 aromatic heterocycles. The summed E-state index contributed by atoms with van der Waals surface area (Å²) in [5, 5.41) is 12.5. The van der Waals surface area contributed by atoms with Gasteiger partial charge in [0, 0.05) is 18.9 Å². The molecule has 0 spiro atoms. The number of rotatable bonds is 5. The number of hydrogen-bond acceptors (Lipinski definition) is 5. The van der Waals surface area contributed by atoms with Crippen molar-refractivity contribution in [2.45, 2.75) is 52.0 Å². The SMILES string of the molecule is CC(C)Cc1nnc(NC(=O)C[C@@H]2CCC[C@H]2N)s1.Cl. The maximum atomic E-state index is 11.9. The second-order valence-corrected chi connectivity index (χ2v) is 6.77. The number of nitrogens with two attached hydrogens (primary N) is 1. The van der Waals surface area contributed by atoms with Gasteiger partial charge in [-0.25, -0.2) is 0 Å². The summed E-state index contributed by atoms with van der Waals surface area (Å²) in [6, 6.07) is 0.177. The number of nitrogens with one attached hydrogen (secondary N) is 1. The van der Waals surface area contributed by atoms with E-state index in [4.69, 9.17) is 5.73 Å². The van der Waals surface area contributed by atoms with Crippen molar-refractivity contribution in [3.05, 3.63) is 5.01 Å². The van der Waals surface area contributed by atoms with Crippen LogP contribution in [0.5, 0.6) is 0 Å². The Bertz CT molecular complexity index is 438. The van der Waals surface area contributed by atoms with Crippen molar-refractivity contribution in [1.82, 2.24) is 10.2 Å². The highest BCUT2D eigenvalue weighted by molar-refractivity contribution is 7.15. The predicted molar refractivity (Wildman–Crippen MR) is 84.3 cm³/mol. The Balaban J connectivity index is 0.00000200. The summed E-state index contributed by atoms with van der Waals surface area (Å²) in [4.78, 5) is 11.9. The standard InChI is InChI=1S/C13H22N4OS.ClH/c1-8(2)6-12-16-17-13(19-12)15-11(18)7-9-4-3-5-10(9)14;/h8-10H,3-7,14H2,1-2H3,(H,15,17,18);1H/t9-,10+;/m0./s1. The molecule has 1 aromatic rings. The Morgan fingerprint density at radius 1 is 1.45 bits per heavy atom. The lowest BCUT2D eigenvalue weighted by atomic mass is 10.00. The molecule has 0 aliphatic heterocycles. The maximum absolute atomic E-state index is 11.9. The minimum atomic E-state index is 0. The number of halogens is 1. The molecule has 0 saturated heterocycles. The first-order valence-corrected chi connectivity index (χ1v) is 7.74. The Kier molecular flexibility index (Phi) is 6.85. The Morgan fingerprint density at radius 3 is 2.80 bits per heavy atom. The fourth-order valence-electron chi connectivity index (χ4n) is 2.46. The lowest BCUT2D eigenvalue weighted by Gasteiger charge is -2.13. The number of anilines is 1. The smallest absolute Gasteiger partial charge is 0.226 e. The summed E-state index contributed by atoms with van der Waals surface area (Å²) in [6.07, 6.45) is 4.64. The molecule has 114 valence electrons. The van der Waals surface area contributed by atoms with Gasteiger partial charge in [0.1, 0.15) is 5.01 Å². The zero-order valence-electron chi connectivity index (χ0n) is 12.0. The highest BCUT2D eigenvalue weighted by Gasteiger charge is 2.26. The molecule has 0 aromatic carbocycles. The largest absolute Gasteiger partial charge is 0.327 e. The van der Waals surface area contributed by atoms with Gasteiger partial charge in [-0.05, 0) is 24.7 Å². The maximum Gasteiger partial charge on any atom is 0.226 e.